The first kappa shape index (κ1) is 13.9. The molecule has 1 saturated heterocycles. The summed E-state index contributed by atoms with van der Waals surface area (Å²) in [5, 5.41) is 3.57. The van der Waals surface area contributed by atoms with Gasteiger partial charge in [0.05, 0.1) is 0 Å². The lowest BCUT2D eigenvalue weighted by atomic mass is 10.1. The number of ether oxygens (including phenoxy) is 2. The average molecular weight is 313 g/mol. The Morgan fingerprint density at radius 3 is 3.04 bits per heavy atom. The van der Waals surface area contributed by atoms with Crippen LogP contribution < -0.4 is 25.4 Å². The van der Waals surface area contributed by atoms with Gasteiger partial charge in [-0.15, -0.1) is 0 Å². The molecule has 1 aromatic heterocycles. The average Bonchev–Trinajstić information content (AvgIpc) is 3.03. The Morgan fingerprint density at radius 1 is 1.22 bits per heavy atom. The van der Waals surface area contributed by atoms with E-state index in [2.05, 4.69) is 20.2 Å². The Kier molecular flexibility index (Phi) is 3.53. The molecule has 3 N–H and O–H groups in total. The molecule has 1 fully saturated rings. The van der Waals surface area contributed by atoms with Crippen LogP contribution in [0, 0.1) is 0 Å². The Hall–Kier alpha value is -2.70. The first-order valence-electron chi connectivity index (χ1n) is 7.77. The lowest BCUT2D eigenvalue weighted by Gasteiger charge is -2.34. The molecule has 2 aliphatic heterocycles. The van der Waals surface area contributed by atoms with E-state index in [1.165, 1.54) is 0 Å². The summed E-state index contributed by atoms with van der Waals surface area (Å²) in [6.45, 7) is 2.16. The second kappa shape index (κ2) is 5.83. The summed E-state index contributed by atoms with van der Waals surface area (Å²) >= 11 is 0. The van der Waals surface area contributed by atoms with Crippen molar-refractivity contribution >= 4 is 17.5 Å². The van der Waals surface area contributed by atoms with Gasteiger partial charge in [-0.3, -0.25) is 0 Å². The Labute approximate surface area is 134 Å². The van der Waals surface area contributed by atoms with Gasteiger partial charge in [0, 0.05) is 37.1 Å². The molecule has 3 heterocycles. The van der Waals surface area contributed by atoms with E-state index in [-0.39, 0.29) is 0 Å². The Balaban J connectivity index is 1.45. The van der Waals surface area contributed by atoms with Crippen LogP contribution in [0.25, 0.3) is 0 Å². The van der Waals surface area contributed by atoms with Crippen LogP contribution in [-0.4, -0.2) is 35.9 Å². The van der Waals surface area contributed by atoms with Crippen molar-refractivity contribution in [3.05, 3.63) is 30.5 Å². The highest BCUT2D eigenvalue weighted by Gasteiger charge is 2.22. The van der Waals surface area contributed by atoms with E-state index < -0.39 is 0 Å². The van der Waals surface area contributed by atoms with Crippen LogP contribution in [0.2, 0.25) is 0 Å². The second-order valence-corrected chi connectivity index (χ2v) is 5.77. The molecule has 120 valence electrons. The van der Waals surface area contributed by atoms with Crippen molar-refractivity contribution in [1.29, 1.82) is 0 Å². The molecule has 1 aromatic carbocycles. The second-order valence-electron chi connectivity index (χ2n) is 5.77. The normalized spacial score (nSPS) is 19.7. The van der Waals surface area contributed by atoms with Gasteiger partial charge in [0.1, 0.15) is 5.82 Å². The summed E-state index contributed by atoms with van der Waals surface area (Å²) in [4.78, 5) is 10.5. The number of fused-ring (bicyclic) bond motifs is 1. The quantitative estimate of drug-likeness (QED) is 0.894. The number of piperidine rings is 1. The minimum Gasteiger partial charge on any atom is -0.454 e. The first-order valence-corrected chi connectivity index (χ1v) is 7.77. The van der Waals surface area contributed by atoms with Crippen molar-refractivity contribution in [2.24, 2.45) is 0 Å². The smallest absolute Gasteiger partial charge is 0.231 e. The Bertz CT molecular complexity index is 709. The predicted molar refractivity (Wildman–Crippen MR) is 87.9 cm³/mol. The van der Waals surface area contributed by atoms with Gasteiger partial charge in [-0.2, -0.15) is 4.98 Å². The minimum atomic E-state index is 0.297. The highest BCUT2D eigenvalue weighted by atomic mass is 16.7. The van der Waals surface area contributed by atoms with Gasteiger partial charge in [0.15, 0.2) is 11.5 Å². The fraction of sp³-hybridized carbons (Fsp3) is 0.375. The number of nitrogens with zero attached hydrogens (tertiary/aromatic N) is 3. The molecule has 1 atom stereocenters. The zero-order valence-electron chi connectivity index (χ0n) is 12.7. The van der Waals surface area contributed by atoms with Gasteiger partial charge in [-0.25, -0.2) is 4.98 Å². The zero-order chi connectivity index (χ0) is 15.6. The van der Waals surface area contributed by atoms with Crippen molar-refractivity contribution in [3.8, 4) is 11.5 Å². The van der Waals surface area contributed by atoms with Crippen molar-refractivity contribution in [3.63, 3.8) is 0 Å². The number of anilines is 3. The summed E-state index contributed by atoms with van der Waals surface area (Å²) in [5.74, 6) is 2.80. The lowest BCUT2D eigenvalue weighted by molar-refractivity contribution is 0.174. The van der Waals surface area contributed by atoms with Crippen LogP contribution in [0.3, 0.4) is 0 Å². The molecule has 1 unspecified atom stereocenters. The van der Waals surface area contributed by atoms with E-state index >= 15 is 0 Å². The molecule has 7 heteroatoms. The van der Waals surface area contributed by atoms with Gasteiger partial charge in [-0.05, 0) is 31.0 Å². The summed E-state index contributed by atoms with van der Waals surface area (Å²) in [6.07, 6.45) is 3.92. The number of nitrogens with one attached hydrogen (secondary N) is 1. The molecule has 4 rings (SSSR count). The fourth-order valence-electron chi connectivity index (χ4n) is 3.06. The van der Waals surface area contributed by atoms with E-state index in [1.807, 2.05) is 24.3 Å². The molecule has 0 aliphatic carbocycles. The Morgan fingerprint density at radius 2 is 2.13 bits per heavy atom. The van der Waals surface area contributed by atoms with Crippen LogP contribution in [0.15, 0.2) is 30.5 Å². The SMILES string of the molecule is Nc1nccc(N2CCCC(Nc3ccc4c(c3)OCO4)C2)n1. The summed E-state index contributed by atoms with van der Waals surface area (Å²) in [5.41, 5.74) is 6.73. The highest BCUT2D eigenvalue weighted by Crippen LogP contribution is 2.34. The topological polar surface area (TPSA) is 85.5 Å². The van der Waals surface area contributed by atoms with Gasteiger partial charge >= 0.3 is 0 Å². The summed E-state index contributed by atoms with van der Waals surface area (Å²) in [6, 6.07) is 8.20. The van der Waals surface area contributed by atoms with E-state index in [9.17, 15) is 0 Å². The first-order chi connectivity index (χ1) is 11.3. The highest BCUT2D eigenvalue weighted by molar-refractivity contribution is 5.56. The lowest BCUT2D eigenvalue weighted by Crippen LogP contribution is -2.42. The van der Waals surface area contributed by atoms with E-state index in [4.69, 9.17) is 15.2 Å². The minimum absolute atomic E-state index is 0.297. The van der Waals surface area contributed by atoms with Crippen LogP contribution in [0.1, 0.15) is 12.8 Å². The van der Waals surface area contributed by atoms with Gasteiger partial charge in [-0.1, -0.05) is 0 Å². The van der Waals surface area contributed by atoms with Crippen LogP contribution in [-0.2, 0) is 0 Å². The molecule has 0 amide bonds. The van der Waals surface area contributed by atoms with Crippen LogP contribution in [0.5, 0.6) is 11.5 Å². The number of hydrogen-bond donors (Lipinski definition) is 2. The van der Waals surface area contributed by atoms with Crippen molar-refractivity contribution in [2.75, 3.05) is 35.8 Å². The van der Waals surface area contributed by atoms with E-state index in [0.29, 0.717) is 18.8 Å². The molecule has 23 heavy (non-hydrogen) atoms. The van der Waals surface area contributed by atoms with E-state index in [0.717, 1.165) is 48.9 Å². The number of benzene rings is 1. The van der Waals surface area contributed by atoms with Crippen LogP contribution >= 0.6 is 0 Å². The maximum absolute atomic E-state index is 5.69. The number of nitrogens with two attached hydrogens (primary N) is 1. The van der Waals surface area contributed by atoms with E-state index in [1.54, 1.807) is 6.20 Å². The summed E-state index contributed by atoms with van der Waals surface area (Å²) in [7, 11) is 0. The van der Waals surface area contributed by atoms with Gasteiger partial charge in [0.2, 0.25) is 12.7 Å². The molecule has 0 bridgehead atoms. The number of nitrogen functional groups attached to an aromatic ring is 1. The number of hydrogen-bond acceptors (Lipinski definition) is 7. The molecular weight excluding hydrogens is 294 g/mol. The van der Waals surface area contributed by atoms with Gasteiger partial charge < -0.3 is 25.4 Å². The van der Waals surface area contributed by atoms with Crippen molar-refractivity contribution in [2.45, 2.75) is 18.9 Å². The molecule has 0 saturated carbocycles. The maximum atomic E-state index is 5.69. The molecule has 7 nitrogen and oxygen atoms in total. The molecule has 0 radical (unpaired) electrons. The number of aromatic nitrogens is 2. The maximum Gasteiger partial charge on any atom is 0.231 e. The molecular formula is C16H19N5O2. The third-order valence-electron chi connectivity index (χ3n) is 4.15. The molecule has 2 aliphatic rings. The van der Waals surface area contributed by atoms with Crippen molar-refractivity contribution in [1.82, 2.24) is 9.97 Å². The van der Waals surface area contributed by atoms with Gasteiger partial charge in [0.25, 0.3) is 0 Å². The summed E-state index contributed by atoms with van der Waals surface area (Å²) < 4.78 is 10.8. The largest absolute Gasteiger partial charge is 0.454 e. The van der Waals surface area contributed by atoms with Crippen LogP contribution in [0.4, 0.5) is 17.5 Å². The number of rotatable bonds is 3. The third-order valence-corrected chi connectivity index (χ3v) is 4.15. The predicted octanol–water partition coefficient (Wildman–Crippen LogP) is 1.87. The molecule has 0 spiro atoms. The monoisotopic (exact) mass is 313 g/mol. The standard InChI is InChI=1S/C16H19N5O2/c17-16-18-6-5-15(20-16)21-7-1-2-12(9-21)19-11-3-4-13-14(8-11)23-10-22-13/h3-6,8,12,19H,1-2,7,9-10H2,(H2,17,18,20). The molecule has 2 aromatic rings. The van der Waals surface area contributed by atoms with Crippen molar-refractivity contribution < 1.29 is 9.47 Å². The third kappa shape index (κ3) is 2.94. The fourth-order valence-corrected chi connectivity index (χ4v) is 3.06. The zero-order valence-corrected chi connectivity index (χ0v) is 12.7.